The monoisotopic (exact) mass is 443 g/mol. The van der Waals surface area contributed by atoms with Crippen molar-refractivity contribution in [3.8, 4) is 0 Å². The van der Waals surface area contributed by atoms with Crippen molar-refractivity contribution in [1.82, 2.24) is 24.2 Å². The van der Waals surface area contributed by atoms with E-state index in [1.165, 1.54) is 33.5 Å². The second kappa shape index (κ2) is 9.07. The van der Waals surface area contributed by atoms with Gasteiger partial charge in [-0.25, -0.2) is 9.18 Å². The molecule has 0 unspecified atom stereocenters. The van der Waals surface area contributed by atoms with Crippen LogP contribution >= 0.6 is 0 Å². The maximum Gasteiger partial charge on any atom is 0.332 e. The summed E-state index contributed by atoms with van der Waals surface area (Å²) in [5, 5.41) is 7.20. The van der Waals surface area contributed by atoms with Crippen LogP contribution in [0.2, 0.25) is 0 Å². The van der Waals surface area contributed by atoms with Gasteiger partial charge in [-0.05, 0) is 44.4 Å². The average molecular weight is 443 g/mol. The van der Waals surface area contributed by atoms with Crippen molar-refractivity contribution in [1.29, 1.82) is 0 Å². The summed E-state index contributed by atoms with van der Waals surface area (Å²) in [4.78, 5) is 39.2. The van der Waals surface area contributed by atoms with E-state index < -0.39 is 17.1 Å². The minimum atomic E-state index is -0.613. The van der Waals surface area contributed by atoms with Gasteiger partial charge in [-0.1, -0.05) is 12.1 Å². The predicted octanol–water partition coefficient (Wildman–Crippen LogP) is 1.17. The molecule has 1 saturated heterocycles. The number of halogens is 1. The summed E-state index contributed by atoms with van der Waals surface area (Å²) in [7, 11) is 0. The van der Waals surface area contributed by atoms with Crippen LogP contribution in [-0.4, -0.2) is 44.1 Å². The minimum Gasteiger partial charge on any atom is -0.376 e. The number of carbonyl (C=O) groups is 1. The number of aromatic nitrogens is 4. The van der Waals surface area contributed by atoms with Gasteiger partial charge in [0, 0.05) is 19.7 Å². The topological polar surface area (TPSA) is 100 Å². The highest BCUT2D eigenvalue weighted by Crippen LogP contribution is 2.14. The number of rotatable bonds is 7. The molecule has 2 aromatic heterocycles. The molecule has 1 aliphatic heterocycles. The van der Waals surface area contributed by atoms with E-state index in [4.69, 9.17) is 4.74 Å². The Bertz CT molecular complexity index is 1250. The van der Waals surface area contributed by atoms with Gasteiger partial charge >= 0.3 is 5.69 Å². The van der Waals surface area contributed by atoms with Gasteiger partial charge in [0.15, 0.2) is 5.52 Å². The fraction of sp³-hybridized carbons (Fsp3) is 0.455. The van der Waals surface area contributed by atoms with E-state index in [9.17, 15) is 18.8 Å². The van der Waals surface area contributed by atoms with Crippen LogP contribution in [0.15, 0.2) is 33.9 Å². The van der Waals surface area contributed by atoms with E-state index in [1.807, 2.05) is 6.92 Å². The third-order valence-corrected chi connectivity index (χ3v) is 5.68. The number of fused-ring (bicyclic) bond motifs is 1. The maximum absolute atomic E-state index is 13.3. The molecule has 4 rings (SSSR count). The molecule has 0 radical (unpaired) electrons. The standard InChI is InChI=1S/C22H26FN5O4/c1-3-28-20-19(14(2)25-28)26(13-18(29)24-11-17-5-4-10-32-17)22(31)27(21(20)30)12-15-6-8-16(23)9-7-15/h6-9,17H,3-5,10-13H2,1-2H3,(H,24,29)/t17-/m1/s1. The fourth-order valence-corrected chi connectivity index (χ4v) is 4.08. The normalized spacial score (nSPS) is 16.0. The Hall–Kier alpha value is -3.27. The fourth-order valence-electron chi connectivity index (χ4n) is 4.08. The summed E-state index contributed by atoms with van der Waals surface area (Å²) < 4.78 is 22.7. The Kier molecular flexibility index (Phi) is 6.22. The molecule has 10 heteroatoms. The molecule has 0 saturated carbocycles. The van der Waals surface area contributed by atoms with Gasteiger partial charge in [-0.3, -0.25) is 23.4 Å². The Morgan fingerprint density at radius 3 is 2.62 bits per heavy atom. The highest BCUT2D eigenvalue weighted by Gasteiger charge is 2.22. The van der Waals surface area contributed by atoms with Gasteiger partial charge in [0.05, 0.1) is 18.3 Å². The molecule has 0 spiro atoms. The van der Waals surface area contributed by atoms with Crippen molar-refractivity contribution in [2.45, 2.75) is 52.4 Å². The highest BCUT2D eigenvalue weighted by atomic mass is 19.1. The lowest BCUT2D eigenvalue weighted by atomic mass is 10.2. The van der Waals surface area contributed by atoms with Crippen LogP contribution in [0.4, 0.5) is 4.39 Å². The number of nitrogens with one attached hydrogen (secondary N) is 1. The predicted molar refractivity (Wildman–Crippen MR) is 116 cm³/mol. The lowest BCUT2D eigenvalue weighted by molar-refractivity contribution is -0.122. The molecule has 1 aromatic carbocycles. The number of carbonyl (C=O) groups excluding carboxylic acids is 1. The number of hydrogen-bond acceptors (Lipinski definition) is 5. The zero-order valence-corrected chi connectivity index (χ0v) is 18.1. The average Bonchev–Trinajstić information content (AvgIpc) is 3.41. The second-order valence-electron chi connectivity index (χ2n) is 7.92. The van der Waals surface area contributed by atoms with Crippen molar-refractivity contribution < 1.29 is 13.9 Å². The molecule has 0 bridgehead atoms. The van der Waals surface area contributed by atoms with Crippen LogP contribution in [0.5, 0.6) is 0 Å². The third kappa shape index (κ3) is 4.22. The van der Waals surface area contributed by atoms with Gasteiger partial charge in [0.1, 0.15) is 17.9 Å². The molecule has 32 heavy (non-hydrogen) atoms. The highest BCUT2D eigenvalue weighted by molar-refractivity contribution is 5.81. The SMILES string of the molecule is CCn1nc(C)c2c1c(=O)n(Cc1ccc(F)cc1)c(=O)n2CC(=O)NC[C@H]1CCCO1. The third-order valence-electron chi connectivity index (χ3n) is 5.68. The molecule has 3 aromatic rings. The first-order chi connectivity index (χ1) is 15.4. The number of nitrogens with zero attached hydrogens (tertiary/aromatic N) is 4. The van der Waals surface area contributed by atoms with Gasteiger partial charge in [-0.15, -0.1) is 0 Å². The summed E-state index contributed by atoms with van der Waals surface area (Å²) >= 11 is 0. The van der Waals surface area contributed by atoms with Crippen LogP contribution in [0.25, 0.3) is 11.0 Å². The Morgan fingerprint density at radius 1 is 1.22 bits per heavy atom. The van der Waals surface area contributed by atoms with Crippen molar-refractivity contribution in [3.63, 3.8) is 0 Å². The van der Waals surface area contributed by atoms with Crippen molar-refractivity contribution >= 4 is 16.9 Å². The molecule has 0 aliphatic carbocycles. The van der Waals surface area contributed by atoms with Crippen LogP contribution in [0.1, 0.15) is 31.0 Å². The van der Waals surface area contributed by atoms with Crippen molar-refractivity contribution in [2.75, 3.05) is 13.2 Å². The molecular formula is C22H26FN5O4. The summed E-state index contributed by atoms with van der Waals surface area (Å²) in [6.45, 7) is 4.75. The number of benzene rings is 1. The summed E-state index contributed by atoms with van der Waals surface area (Å²) in [6.07, 6.45) is 1.83. The van der Waals surface area contributed by atoms with Crippen molar-refractivity contribution in [2.24, 2.45) is 0 Å². The van der Waals surface area contributed by atoms with Gasteiger partial charge in [-0.2, -0.15) is 5.10 Å². The van der Waals surface area contributed by atoms with E-state index >= 15 is 0 Å². The quantitative estimate of drug-likeness (QED) is 0.591. The summed E-state index contributed by atoms with van der Waals surface area (Å²) in [5.74, 6) is -0.754. The lowest BCUT2D eigenvalue weighted by Crippen LogP contribution is -2.44. The number of aryl methyl sites for hydroxylation is 2. The zero-order chi connectivity index (χ0) is 22.8. The molecule has 1 atom stereocenters. The molecular weight excluding hydrogens is 417 g/mol. The number of amides is 1. The smallest absolute Gasteiger partial charge is 0.332 e. The molecule has 9 nitrogen and oxygen atoms in total. The molecule has 170 valence electrons. The van der Waals surface area contributed by atoms with Crippen LogP contribution < -0.4 is 16.6 Å². The van der Waals surface area contributed by atoms with E-state index in [-0.39, 0.29) is 30.6 Å². The second-order valence-corrected chi connectivity index (χ2v) is 7.92. The molecule has 1 N–H and O–H groups in total. The van der Waals surface area contributed by atoms with E-state index in [0.717, 1.165) is 17.4 Å². The maximum atomic E-state index is 13.3. The molecule has 1 amide bonds. The van der Waals surface area contributed by atoms with Crippen LogP contribution in [-0.2, 0) is 29.2 Å². The van der Waals surface area contributed by atoms with Crippen LogP contribution in [0.3, 0.4) is 0 Å². The van der Waals surface area contributed by atoms with E-state index in [2.05, 4.69) is 10.4 Å². The Morgan fingerprint density at radius 2 is 1.97 bits per heavy atom. The Labute approximate surface area is 183 Å². The van der Waals surface area contributed by atoms with E-state index in [0.29, 0.717) is 36.5 Å². The number of ether oxygens (including phenoxy) is 1. The summed E-state index contributed by atoms with van der Waals surface area (Å²) in [6, 6.07) is 5.59. The number of hydrogen-bond donors (Lipinski definition) is 1. The summed E-state index contributed by atoms with van der Waals surface area (Å²) in [5.41, 5.74) is 0.601. The van der Waals surface area contributed by atoms with Gasteiger partial charge in [0.25, 0.3) is 5.56 Å². The Balaban J connectivity index is 1.75. The minimum absolute atomic E-state index is 0.0206. The van der Waals surface area contributed by atoms with Crippen LogP contribution in [0, 0.1) is 12.7 Å². The first-order valence-electron chi connectivity index (χ1n) is 10.7. The zero-order valence-electron chi connectivity index (χ0n) is 18.1. The molecule has 1 fully saturated rings. The molecule has 3 heterocycles. The van der Waals surface area contributed by atoms with Gasteiger partial charge < -0.3 is 10.1 Å². The van der Waals surface area contributed by atoms with Gasteiger partial charge in [0.2, 0.25) is 5.91 Å². The van der Waals surface area contributed by atoms with E-state index in [1.54, 1.807) is 6.92 Å². The molecule has 1 aliphatic rings. The lowest BCUT2D eigenvalue weighted by Gasteiger charge is -2.14. The first-order valence-corrected chi connectivity index (χ1v) is 10.7. The largest absolute Gasteiger partial charge is 0.376 e. The first kappa shape index (κ1) is 21.9. The van der Waals surface area contributed by atoms with Crippen molar-refractivity contribution in [3.05, 3.63) is 62.2 Å².